The first-order chi connectivity index (χ1) is 10.7. The van der Waals surface area contributed by atoms with Crippen molar-refractivity contribution in [2.24, 2.45) is 0 Å². The van der Waals surface area contributed by atoms with Gasteiger partial charge in [-0.15, -0.1) is 11.3 Å². The van der Waals surface area contributed by atoms with Gasteiger partial charge in [0.05, 0.1) is 10.5 Å². The molecule has 4 rings (SSSR count). The molecule has 3 aromatic rings. The zero-order chi connectivity index (χ0) is 15.1. The van der Waals surface area contributed by atoms with Crippen molar-refractivity contribution in [1.29, 1.82) is 0 Å². The third-order valence-corrected chi connectivity index (χ3v) is 5.74. The summed E-state index contributed by atoms with van der Waals surface area (Å²) in [7, 11) is 0. The van der Waals surface area contributed by atoms with Gasteiger partial charge in [0, 0.05) is 18.5 Å². The van der Waals surface area contributed by atoms with E-state index in [0.29, 0.717) is 0 Å². The van der Waals surface area contributed by atoms with Crippen molar-refractivity contribution >= 4 is 32.6 Å². The lowest BCUT2D eigenvalue weighted by Gasteiger charge is -2.26. The Labute approximate surface area is 135 Å². The second-order valence-corrected chi connectivity index (χ2v) is 7.64. The zero-order valence-corrected chi connectivity index (χ0v) is 14.2. The van der Waals surface area contributed by atoms with Crippen molar-refractivity contribution in [1.82, 2.24) is 14.5 Å². The molecule has 2 aromatic heterocycles. The predicted molar refractivity (Wildman–Crippen MR) is 94.9 cm³/mol. The Morgan fingerprint density at radius 1 is 1.09 bits per heavy atom. The van der Waals surface area contributed by atoms with Crippen LogP contribution in [0.3, 0.4) is 0 Å². The van der Waals surface area contributed by atoms with Crippen LogP contribution >= 0.6 is 11.3 Å². The van der Waals surface area contributed by atoms with Gasteiger partial charge in [0.15, 0.2) is 0 Å². The van der Waals surface area contributed by atoms with Crippen LogP contribution in [0.15, 0.2) is 18.2 Å². The first-order valence-electron chi connectivity index (χ1n) is 8.31. The molecule has 0 unspecified atom stereocenters. The van der Waals surface area contributed by atoms with Crippen LogP contribution in [-0.2, 0) is 6.54 Å². The molecule has 3 nitrogen and oxygen atoms in total. The lowest BCUT2D eigenvalue weighted by Crippen LogP contribution is -2.32. The van der Waals surface area contributed by atoms with Gasteiger partial charge in [-0.1, -0.05) is 18.1 Å². The highest BCUT2D eigenvalue weighted by Crippen LogP contribution is 2.33. The summed E-state index contributed by atoms with van der Waals surface area (Å²) >= 11 is 1.83. The largest absolute Gasteiger partial charge is 0.330 e. The molecule has 0 spiro atoms. The van der Waals surface area contributed by atoms with Gasteiger partial charge in [-0.05, 0) is 51.9 Å². The average molecular weight is 313 g/mol. The van der Waals surface area contributed by atoms with Crippen molar-refractivity contribution in [3.63, 3.8) is 0 Å². The number of rotatable bonds is 3. The summed E-state index contributed by atoms with van der Waals surface area (Å²) in [4.78, 5) is 8.74. The van der Waals surface area contributed by atoms with Crippen LogP contribution < -0.4 is 0 Å². The van der Waals surface area contributed by atoms with E-state index in [1.807, 2.05) is 11.3 Å². The maximum atomic E-state index is 4.78. The number of aromatic nitrogens is 2. The normalized spacial score (nSPS) is 16.8. The minimum absolute atomic E-state index is 1.07. The molecule has 4 heteroatoms. The molecule has 0 amide bonds. The molecule has 1 aliphatic heterocycles. The molecule has 0 radical (unpaired) electrons. The van der Waals surface area contributed by atoms with Gasteiger partial charge in [0.25, 0.3) is 0 Å². The van der Waals surface area contributed by atoms with E-state index in [2.05, 4.69) is 41.5 Å². The molecule has 1 aromatic carbocycles. The summed E-state index contributed by atoms with van der Waals surface area (Å²) < 4.78 is 2.49. The van der Waals surface area contributed by atoms with Crippen LogP contribution in [0.4, 0.5) is 0 Å². The standard InChI is InChI=1S/C18H23N3S/c1-13-6-7-16-15(12-13)17-18(22-14(2)19-17)21(16)11-10-20-8-4-3-5-9-20/h6-7,12H,3-5,8-11H2,1-2H3. The number of aryl methyl sites for hydroxylation is 2. The third kappa shape index (κ3) is 2.44. The van der Waals surface area contributed by atoms with Gasteiger partial charge in [0.1, 0.15) is 10.3 Å². The summed E-state index contributed by atoms with van der Waals surface area (Å²) in [5.74, 6) is 0. The van der Waals surface area contributed by atoms with Crippen molar-refractivity contribution in [3.8, 4) is 0 Å². The fraction of sp³-hybridized carbons (Fsp3) is 0.500. The van der Waals surface area contributed by atoms with E-state index >= 15 is 0 Å². The molecule has 0 atom stereocenters. The predicted octanol–water partition coefficient (Wildman–Crippen LogP) is 4.35. The fourth-order valence-electron chi connectivity index (χ4n) is 3.61. The number of fused-ring (bicyclic) bond motifs is 3. The topological polar surface area (TPSA) is 21.1 Å². The van der Waals surface area contributed by atoms with Crippen molar-refractivity contribution in [2.45, 2.75) is 39.7 Å². The Bertz CT molecular complexity index is 809. The highest BCUT2D eigenvalue weighted by atomic mass is 32.1. The molecule has 0 saturated carbocycles. The first-order valence-corrected chi connectivity index (χ1v) is 9.12. The van der Waals surface area contributed by atoms with Crippen molar-refractivity contribution < 1.29 is 0 Å². The molecule has 0 N–H and O–H groups in total. The zero-order valence-electron chi connectivity index (χ0n) is 13.4. The summed E-state index contributed by atoms with van der Waals surface area (Å²) in [6, 6.07) is 6.77. The Morgan fingerprint density at radius 3 is 2.73 bits per heavy atom. The minimum Gasteiger partial charge on any atom is -0.330 e. The number of likely N-dealkylation sites (tertiary alicyclic amines) is 1. The van der Waals surface area contributed by atoms with Crippen LogP contribution in [0.5, 0.6) is 0 Å². The molecule has 3 heterocycles. The molecule has 116 valence electrons. The van der Waals surface area contributed by atoms with E-state index in [1.165, 1.54) is 64.2 Å². The van der Waals surface area contributed by atoms with Crippen LogP contribution in [0, 0.1) is 13.8 Å². The molecule has 22 heavy (non-hydrogen) atoms. The first kappa shape index (κ1) is 14.2. The SMILES string of the molecule is Cc1ccc2c(c1)c1nc(C)sc1n2CCN1CCCCC1. The van der Waals surface area contributed by atoms with E-state index in [9.17, 15) is 0 Å². The number of hydrogen-bond acceptors (Lipinski definition) is 3. The Balaban J connectivity index is 1.73. The van der Waals surface area contributed by atoms with E-state index in [-0.39, 0.29) is 0 Å². The van der Waals surface area contributed by atoms with E-state index in [4.69, 9.17) is 4.98 Å². The van der Waals surface area contributed by atoms with Crippen molar-refractivity contribution in [2.75, 3.05) is 19.6 Å². The van der Waals surface area contributed by atoms with E-state index in [0.717, 1.165) is 13.1 Å². The summed E-state index contributed by atoms with van der Waals surface area (Å²) in [6.07, 6.45) is 4.13. The fourth-order valence-corrected chi connectivity index (χ4v) is 4.57. The Hall–Kier alpha value is -1.39. The van der Waals surface area contributed by atoms with Gasteiger partial charge in [0.2, 0.25) is 0 Å². The lowest BCUT2D eigenvalue weighted by molar-refractivity contribution is 0.222. The minimum atomic E-state index is 1.07. The van der Waals surface area contributed by atoms with Crippen LogP contribution in [0.2, 0.25) is 0 Å². The number of benzene rings is 1. The van der Waals surface area contributed by atoms with Gasteiger partial charge in [-0.25, -0.2) is 4.98 Å². The molecule has 1 fully saturated rings. The summed E-state index contributed by atoms with van der Waals surface area (Å²) in [5, 5.41) is 2.48. The van der Waals surface area contributed by atoms with Gasteiger partial charge in [-0.2, -0.15) is 0 Å². The van der Waals surface area contributed by atoms with E-state index < -0.39 is 0 Å². The highest BCUT2D eigenvalue weighted by Gasteiger charge is 2.16. The van der Waals surface area contributed by atoms with Crippen LogP contribution in [0.1, 0.15) is 29.8 Å². The average Bonchev–Trinajstić information content (AvgIpc) is 3.02. The van der Waals surface area contributed by atoms with Gasteiger partial charge in [-0.3, -0.25) is 0 Å². The quantitative estimate of drug-likeness (QED) is 0.716. The number of thiazole rings is 1. The highest BCUT2D eigenvalue weighted by molar-refractivity contribution is 7.18. The smallest absolute Gasteiger partial charge is 0.124 e. The third-order valence-electron chi connectivity index (χ3n) is 4.75. The van der Waals surface area contributed by atoms with Crippen molar-refractivity contribution in [3.05, 3.63) is 28.8 Å². The van der Waals surface area contributed by atoms with Gasteiger partial charge < -0.3 is 9.47 Å². The lowest BCUT2D eigenvalue weighted by atomic mass is 10.1. The second-order valence-electron chi connectivity index (χ2n) is 6.46. The number of piperidine rings is 1. The molecular weight excluding hydrogens is 290 g/mol. The van der Waals surface area contributed by atoms with Crippen LogP contribution in [-0.4, -0.2) is 34.1 Å². The molecule has 0 bridgehead atoms. The molecule has 1 saturated heterocycles. The summed E-state index contributed by atoms with van der Waals surface area (Å²) in [5.41, 5.74) is 3.85. The maximum Gasteiger partial charge on any atom is 0.124 e. The number of nitrogens with zero attached hydrogens (tertiary/aromatic N) is 3. The Kier molecular flexibility index (Phi) is 3.66. The molecular formula is C18H23N3S. The van der Waals surface area contributed by atoms with Gasteiger partial charge >= 0.3 is 0 Å². The van der Waals surface area contributed by atoms with E-state index in [1.54, 1.807) is 0 Å². The van der Waals surface area contributed by atoms with Crippen LogP contribution in [0.25, 0.3) is 21.3 Å². The second kappa shape index (κ2) is 5.67. The summed E-state index contributed by atoms with van der Waals surface area (Å²) in [6.45, 7) is 9.04. The number of hydrogen-bond donors (Lipinski definition) is 0. The monoisotopic (exact) mass is 313 g/mol. The molecule has 0 aliphatic carbocycles. The molecule has 1 aliphatic rings. The maximum absolute atomic E-state index is 4.78. The Morgan fingerprint density at radius 2 is 1.91 bits per heavy atom.